The minimum absolute atomic E-state index is 0.0385. The highest BCUT2D eigenvalue weighted by atomic mass is 32.2. The van der Waals surface area contributed by atoms with Gasteiger partial charge >= 0.3 is 0 Å². The van der Waals surface area contributed by atoms with E-state index in [2.05, 4.69) is 0 Å². The van der Waals surface area contributed by atoms with Gasteiger partial charge in [-0.3, -0.25) is 9.59 Å². The maximum atomic E-state index is 13.1. The van der Waals surface area contributed by atoms with Gasteiger partial charge in [-0.15, -0.1) is 0 Å². The first kappa shape index (κ1) is 19.0. The van der Waals surface area contributed by atoms with E-state index in [9.17, 15) is 22.4 Å². The summed E-state index contributed by atoms with van der Waals surface area (Å²) < 4.78 is 39.6. The Kier molecular flexibility index (Phi) is 5.27. The van der Waals surface area contributed by atoms with E-state index in [1.165, 1.54) is 4.90 Å². The second-order valence-corrected chi connectivity index (χ2v) is 7.94. The monoisotopic (exact) mass is 390 g/mol. The molecule has 1 aliphatic heterocycles. The van der Waals surface area contributed by atoms with E-state index in [1.54, 1.807) is 31.2 Å². The zero-order chi connectivity index (χ0) is 19.6. The Bertz CT molecular complexity index is 945. The minimum Gasteiger partial charge on any atom is -0.311 e. The van der Waals surface area contributed by atoms with Crippen LogP contribution in [0.4, 0.5) is 10.1 Å². The summed E-state index contributed by atoms with van der Waals surface area (Å²) in [5.41, 5.74) is 0.628. The Morgan fingerprint density at radius 1 is 1.15 bits per heavy atom. The summed E-state index contributed by atoms with van der Waals surface area (Å²) in [4.78, 5) is 26.6. The number of rotatable bonds is 5. The maximum absolute atomic E-state index is 13.1. The Morgan fingerprint density at radius 2 is 1.78 bits per heavy atom. The molecule has 1 aliphatic rings. The fourth-order valence-electron chi connectivity index (χ4n) is 3.16. The van der Waals surface area contributed by atoms with E-state index >= 15 is 0 Å². The van der Waals surface area contributed by atoms with Crippen molar-refractivity contribution in [3.05, 3.63) is 60.4 Å². The van der Waals surface area contributed by atoms with E-state index in [1.807, 2.05) is 6.07 Å². The van der Waals surface area contributed by atoms with Gasteiger partial charge in [0.15, 0.2) is 0 Å². The van der Waals surface area contributed by atoms with Crippen molar-refractivity contribution in [2.24, 2.45) is 0 Å². The number of hydrogen-bond acceptors (Lipinski definition) is 4. The smallest absolute Gasteiger partial charge is 0.267 e. The van der Waals surface area contributed by atoms with E-state index in [-0.39, 0.29) is 17.7 Å². The molecule has 0 aromatic heterocycles. The number of carbonyl (C=O) groups is 2. The number of likely N-dealkylation sites (N-methyl/N-ethyl adjacent to an activating group) is 1. The van der Waals surface area contributed by atoms with E-state index in [0.29, 0.717) is 16.5 Å². The number of hydrogen-bond donors (Lipinski definition) is 0. The van der Waals surface area contributed by atoms with E-state index in [4.69, 9.17) is 0 Å². The lowest BCUT2D eigenvalue weighted by molar-refractivity contribution is -0.129. The number of amides is 2. The molecule has 6 nitrogen and oxygen atoms in total. The number of carbonyl (C=O) groups excluding carboxylic acids is 2. The van der Waals surface area contributed by atoms with Crippen LogP contribution in [-0.2, 0) is 19.6 Å². The largest absolute Gasteiger partial charge is 0.311 e. The molecule has 1 fully saturated rings. The Morgan fingerprint density at radius 3 is 2.37 bits per heavy atom. The maximum Gasteiger partial charge on any atom is 0.267 e. The highest BCUT2D eigenvalue weighted by Crippen LogP contribution is 2.29. The molecular weight excluding hydrogens is 371 g/mol. The first-order chi connectivity index (χ1) is 12.9. The zero-order valence-electron chi connectivity index (χ0n) is 14.7. The van der Waals surface area contributed by atoms with Crippen LogP contribution in [0.1, 0.15) is 19.8 Å². The molecule has 3 rings (SSSR count). The molecule has 1 atom stereocenters. The highest BCUT2D eigenvalue weighted by Gasteiger charge is 2.45. The van der Waals surface area contributed by atoms with Crippen LogP contribution in [0, 0.1) is 5.82 Å². The second-order valence-electron chi connectivity index (χ2n) is 6.12. The summed E-state index contributed by atoms with van der Waals surface area (Å²) in [7, 11) is -4.25. The lowest BCUT2D eigenvalue weighted by Crippen LogP contribution is -2.49. The number of nitrogens with zero attached hydrogens (tertiary/aromatic N) is 2. The molecule has 1 saturated heterocycles. The van der Waals surface area contributed by atoms with E-state index in [0.717, 1.165) is 24.3 Å². The molecule has 2 aromatic rings. The molecule has 0 radical (unpaired) electrons. The van der Waals surface area contributed by atoms with Gasteiger partial charge < -0.3 is 4.90 Å². The molecule has 2 aromatic carbocycles. The van der Waals surface area contributed by atoms with Gasteiger partial charge in [-0.05, 0) is 49.7 Å². The van der Waals surface area contributed by atoms with Crippen molar-refractivity contribution >= 4 is 27.5 Å². The van der Waals surface area contributed by atoms with Crippen molar-refractivity contribution in [1.82, 2.24) is 4.31 Å². The molecular formula is C19H19FN2O4S. The standard InChI is InChI=1S/C19H19FN2O4S/c1-2-21(15-6-4-3-5-7-15)19(24)17-12-13-18(23)22(17)27(25,26)16-10-8-14(20)9-11-16/h3-11,17H,2,12-13H2,1H3. The molecule has 8 heteroatoms. The molecule has 142 valence electrons. The summed E-state index contributed by atoms with van der Waals surface area (Å²) >= 11 is 0. The van der Waals surface area contributed by atoms with Crippen molar-refractivity contribution < 1.29 is 22.4 Å². The molecule has 0 saturated carbocycles. The van der Waals surface area contributed by atoms with Crippen molar-refractivity contribution in [3.63, 3.8) is 0 Å². The lowest BCUT2D eigenvalue weighted by Gasteiger charge is -2.29. The van der Waals surface area contributed by atoms with E-state index < -0.39 is 33.7 Å². The SMILES string of the molecule is CCN(C(=O)C1CCC(=O)N1S(=O)(=O)c1ccc(F)cc1)c1ccccc1. The van der Waals surface area contributed by atoms with Crippen LogP contribution in [0.15, 0.2) is 59.5 Å². The fourth-order valence-corrected chi connectivity index (χ4v) is 4.76. The van der Waals surface area contributed by atoms with Crippen molar-refractivity contribution in [2.45, 2.75) is 30.7 Å². The van der Waals surface area contributed by atoms with Gasteiger partial charge in [-0.2, -0.15) is 0 Å². The summed E-state index contributed by atoms with van der Waals surface area (Å²) in [5, 5.41) is 0. The zero-order valence-corrected chi connectivity index (χ0v) is 15.5. The summed E-state index contributed by atoms with van der Waals surface area (Å²) in [5.74, 6) is -1.68. The third kappa shape index (κ3) is 3.57. The van der Waals surface area contributed by atoms with Gasteiger partial charge in [-0.25, -0.2) is 17.1 Å². The molecule has 0 spiro atoms. The van der Waals surface area contributed by atoms with Crippen LogP contribution in [0.25, 0.3) is 0 Å². The predicted molar refractivity (Wildman–Crippen MR) is 97.9 cm³/mol. The highest BCUT2D eigenvalue weighted by molar-refractivity contribution is 7.89. The summed E-state index contributed by atoms with van der Waals surface area (Å²) in [6.45, 7) is 2.11. The molecule has 1 heterocycles. The van der Waals surface area contributed by atoms with Crippen LogP contribution in [0.5, 0.6) is 0 Å². The minimum atomic E-state index is -4.25. The fraction of sp³-hybridized carbons (Fsp3) is 0.263. The normalized spacial score (nSPS) is 17.2. The molecule has 0 aliphatic carbocycles. The van der Waals surface area contributed by atoms with Gasteiger partial charge in [0.05, 0.1) is 4.90 Å². The average molecular weight is 390 g/mol. The van der Waals surface area contributed by atoms with Crippen molar-refractivity contribution in [3.8, 4) is 0 Å². The van der Waals surface area contributed by atoms with Gasteiger partial charge in [-0.1, -0.05) is 18.2 Å². The first-order valence-electron chi connectivity index (χ1n) is 8.55. The number of sulfonamides is 1. The lowest BCUT2D eigenvalue weighted by atomic mass is 10.2. The predicted octanol–water partition coefficient (Wildman–Crippen LogP) is 2.56. The van der Waals surface area contributed by atoms with Gasteiger partial charge in [0, 0.05) is 18.7 Å². The third-order valence-electron chi connectivity index (χ3n) is 4.47. The molecule has 0 N–H and O–H groups in total. The van der Waals surface area contributed by atoms with Crippen LogP contribution < -0.4 is 4.90 Å². The Hall–Kier alpha value is -2.74. The van der Waals surface area contributed by atoms with Crippen LogP contribution in [0.2, 0.25) is 0 Å². The number of halogens is 1. The van der Waals surface area contributed by atoms with Gasteiger partial charge in [0.2, 0.25) is 5.91 Å². The van der Waals surface area contributed by atoms with Crippen LogP contribution in [-0.4, -0.2) is 37.1 Å². The summed E-state index contributed by atoms with van der Waals surface area (Å²) in [6, 6.07) is 11.9. The second kappa shape index (κ2) is 7.48. The molecule has 2 amide bonds. The van der Waals surface area contributed by atoms with Crippen molar-refractivity contribution in [1.29, 1.82) is 0 Å². The van der Waals surface area contributed by atoms with Crippen LogP contribution in [0.3, 0.4) is 0 Å². The number of anilines is 1. The molecule has 27 heavy (non-hydrogen) atoms. The van der Waals surface area contributed by atoms with Gasteiger partial charge in [0.25, 0.3) is 15.9 Å². The topological polar surface area (TPSA) is 74.8 Å². The summed E-state index contributed by atoms with van der Waals surface area (Å²) in [6.07, 6.45) is 0.0740. The molecule has 1 unspecified atom stereocenters. The Balaban J connectivity index is 1.96. The Labute approximate surface area is 157 Å². The first-order valence-corrected chi connectivity index (χ1v) is 9.99. The van der Waals surface area contributed by atoms with Crippen molar-refractivity contribution in [2.75, 3.05) is 11.4 Å². The average Bonchev–Trinajstić information content (AvgIpc) is 3.06. The third-order valence-corrected chi connectivity index (χ3v) is 6.31. The number of para-hydroxylation sites is 1. The van der Waals surface area contributed by atoms with Crippen LogP contribution >= 0.6 is 0 Å². The quantitative estimate of drug-likeness (QED) is 0.786. The number of benzene rings is 2. The van der Waals surface area contributed by atoms with Gasteiger partial charge in [0.1, 0.15) is 11.9 Å². The molecule has 0 bridgehead atoms.